The van der Waals surface area contributed by atoms with Crippen LogP contribution in [0.5, 0.6) is 5.75 Å². The molecule has 150 valence electrons. The third-order valence-electron chi connectivity index (χ3n) is 4.86. The third kappa shape index (κ3) is 4.58. The van der Waals surface area contributed by atoms with Crippen LogP contribution in [0.2, 0.25) is 0 Å². The summed E-state index contributed by atoms with van der Waals surface area (Å²) in [4.78, 5) is 12.5. The van der Waals surface area contributed by atoms with Crippen molar-refractivity contribution < 1.29 is 9.53 Å². The van der Waals surface area contributed by atoms with Gasteiger partial charge in [0.2, 0.25) is 5.91 Å². The summed E-state index contributed by atoms with van der Waals surface area (Å²) in [5.41, 5.74) is 4.77. The van der Waals surface area contributed by atoms with Crippen molar-refractivity contribution in [3.63, 3.8) is 0 Å². The Labute approximate surface area is 175 Å². The minimum absolute atomic E-state index is 0.0355. The van der Waals surface area contributed by atoms with Gasteiger partial charge in [-0.3, -0.25) is 4.79 Å². The Kier molecular flexibility index (Phi) is 5.90. The van der Waals surface area contributed by atoms with Crippen molar-refractivity contribution in [3.05, 3.63) is 102 Å². The summed E-state index contributed by atoms with van der Waals surface area (Å²) >= 11 is 0. The molecule has 1 heterocycles. The SMILES string of the molecule is COc1ccc(CC(=O)NCc2cn(-c3ccccc3)nc2-c2ccccc2)cc1. The Hall–Kier alpha value is -3.86. The Balaban J connectivity index is 1.52. The molecule has 0 atom stereocenters. The molecular weight excluding hydrogens is 374 g/mol. The van der Waals surface area contributed by atoms with Crippen molar-refractivity contribution in [3.8, 4) is 22.7 Å². The average molecular weight is 397 g/mol. The normalized spacial score (nSPS) is 10.6. The Morgan fingerprint density at radius 2 is 1.60 bits per heavy atom. The zero-order valence-corrected chi connectivity index (χ0v) is 16.8. The molecule has 4 aromatic rings. The topological polar surface area (TPSA) is 56.1 Å². The number of ether oxygens (including phenoxy) is 1. The van der Waals surface area contributed by atoms with Crippen LogP contribution in [0.15, 0.2) is 91.1 Å². The standard InChI is InChI=1S/C25H23N3O2/c1-30-23-14-12-19(13-15-23)16-24(29)26-17-21-18-28(22-10-6-3-7-11-22)27-25(21)20-8-4-2-5-9-20/h2-15,18H,16-17H2,1H3,(H,26,29). The summed E-state index contributed by atoms with van der Waals surface area (Å²) in [7, 11) is 1.63. The van der Waals surface area contributed by atoms with Crippen molar-refractivity contribution in [2.75, 3.05) is 7.11 Å². The second kappa shape index (κ2) is 9.09. The maximum Gasteiger partial charge on any atom is 0.224 e. The van der Waals surface area contributed by atoms with Crippen LogP contribution in [0.4, 0.5) is 0 Å². The van der Waals surface area contributed by atoms with Gasteiger partial charge in [0.25, 0.3) is 0 Å². The van der Waals surface area contributed by atoms with Gasteiger partial charge in [0.1, 0.15) is 5.75 Å². The molecule has 0 saturated carbocycles. The summed E-state index contributed by atoms with van der Waals surface area (Å²) in [6, 6.07) is 27.5. The van der Waals surface area contributed by atoms with Crippen molar-refractivity contribution >= 4 is 5.91 Å². The second-order valence-corrected chi connectivity index (χ2v) is 6.95. The molecule has 0 aliphatic heterocycles. The van der Waals surface area contributed by atoms with E-state index in [1.807, 2.05) is 95.8 Å². The van der Waals surface area contributed by atoms with E-state index < -0.39 is 0 Å². The van der Waals surface area contributed by atoms with Crippen molar-refractivity contribution in [2.24, 2.45) is 0 Å². The van der Waals surface area contributed by atoms with E-state index in [-0.39, 0.29) is 5.91 Å². The maximum absolute atomic E-state index is 12.5. The fourth-order valence-corrected chi connectivity index (χ4v) is 3.28. The maximum atomic E-state index is 12.5. The van der Waals surface area contributed by atoms with Crippen LogP contribution in [-0.4, -0.2) is 22.8 Å². The minimum Gasteiger partial charge on any atom is -0.497 e. The van der Waals surface area contributed by atoms with Crippen LogP contribution in [0.1, 0.15) is 11.1 Å². The van der Waals surface area contributed by atoms with Crippen LogP contribution in [-0.2, 0) is 17.8 Å². The van der Waals surface area contributed by atoms with Gasteiger partial charge < -0.3 is 10.1 Å². The molecule has 1 amide bonds. The monoisotopic (exact) mass is 397 g/mol. The number of aromatic nitrogens is 2. The summed E-state index contributed by atoms with van der Waals surface area (Å²) in [5.74, 6) is 0.742. The molecule has 5 heteroatoms. The van der Waals surface area contributed by atoms with Crippen LogP contribution < -0.4 is 10.1 Å². The molecule has 1 N–H and O–H groups in total. The Morgan fingerprint density at radius 1 is 0.933 bits per heavy atom. The number of nitrogens with zero attached hydrogens (tertiary/aromatic N) is 2. The zero-order chi connectivity index (χ0) is 20.8. The lowest BCUT2D eigenvalue weighted by Crippen LogP contribution is -2.24. The number of methoxy groups -OCH3 is 1. The predicted molar refractivity (Wildman–Crippen MR) is 118 cm³/mol. The summed E-state index contributed by atoms with van der Waals surface area (Å²) in [6.07, 6.45) is 2.29. The van der Waals surface area contributed by atoms with Crippen LogP contribution in [0, 0.1) is 0 Å². The molecule has 0 aliphatic rings. The first-order chi connectivity index (χ1) is 14.7. The van der Waals surface area contributed by atoms with Gasteiger partial charge in [-0.15, -0.1) is 0 Å². The van der Waals surface area contributed by atoms with Crippen LogP contribution >= 0.6 is 0 Å². The minimum atomic E-state index is -0.0355. The first-order valence-electron chi connectivity index (χ1n) is 9.82. The molecule has 0 bridgehead atoms. The van der Waals surface area contributed by atoms with Crippen LogP contribution in [0.25, 0.3) is 16.9 Å². The van der Waals surface area contributed by atoms with E-state index >= 15 is 0 Å². The number of nitrogens with one attached hydrogen (secondary N) is 1. The van der Waals surface area contributed by atoms with Gasteiger partial charge in [-0.05, 0) is 29.8 Å². The molecule has 0 unspecified atom stereocenters. The first-order valence-corrected chi connectivity index (χ1v) is 9.82. The van der Waals surface area contributed by atoms with Gasteiger partial charge in [0, 0.05) is 23.9 Å². The molecule has 3 aromatic carbocycles. The van der Waals surface area contributed by atoms with E-state index in [1.54, 1.807) is 7.11 Å². The number of amides is 1. The number of rotatable bonds is 7. The highest BCUT2D eigenvalue weighted by Gasteiger charge is 2.13. The highest BCUT2D eigenvalue weighted by atomic mass is 16.5. The molecule has 0 fully saturated rings. The lowest BCUT2D eigenvalue weighted by molar-refractivity contribution is -0.120. The van der Waals surface area contributed by atoms with E-state index in [4.69, 9.17) is 9.84 Å². The molecule has 0 radical (unpaired) electrons. The summed E-state index contributed by atoms with van der Waals surface area (Å²) < 4.78 is 7.02. The smallest absolute Gasteiger partial charge is 0.224 e. The number of carbonyl (C=O) groups excluding carboxylic acids is 1. The van der Waals surface area contributed by atoms with E-state index in [9.17, 15) is 4.79 Å². The van der Waals surface area contributed by atoms with Gasteiger partial charge in [-0.2, -0.15) is 5.10 Å². The molecule has 1 aromatic heterocycles. The predicted octanol–water partition coefficient (Wildman–Crippen LogP) is 4.41. The van der Waals surface area contributed by atoms with Gasteiger partial charge in [-0.25, -0.2) is 4.68 Å². The number of hydrogen-bond donors (Lipinski definition) is 1. The fraction of sp³-hybridized carbons (Fsp3) is 0.120. The van der Waals surface area contributed by atoms with Gasteiger partial charge in [0.05, 0.1) is 24.9 Å². The molecule has 4 rings (SSSR count). The van der Waals surface area contributed by atoms with E-state index in [0.717, 1.165) is 33.8 Å². The molecule has 0 aliphatic carbocycles. The van der Waals surface area contributed by atoms with E-state index in [2.05, 4.69) is 5.32 Å². The molecule has 5 nitrogen and oxygen atoms in total. The molecule has 0 saturated heterocycles. The second-order valence-electron chi connectivity index (χ2n) is 6.95. The zero-order valence-electron chi connectivity index (χ0n) is 16.8. The lowest BCUT2D eigenvalue weighted by atomic mass is 10.1. The third-order valence-corrected chi connectivity index (χ3v) is 4.86. The molecule has 30 heavy (non-hydrogen) atoms. The molecule has 0 spiro atoms. The van der Waals surface area contributed by atoms with Crippen molar-refractivity contribution in [1.29, 1.82) is 0 Å². The quantitative estimate of drug-likeness (QED) is 0.503. The Bertz CT molecular complexity index is 1100. The number of carbonyl (C=O) groups is 1. The number of para-hydroxylation sites is 1. The highest BCUT2D eigenvalue weighted by Crippen LogP contribution is 2.23. The van der Waals surface area contributed by atoms with Crippen molar-refractivity contribution in [2.45, 2.75) is 13.0 Å². The first kappa shape index (κ1) is 19.5. The fourth-order valence-electron chi connectivity index (χ4n) is 3.28. The van der Waals surface area contributed by atoms with Gasteiger partial charge in [-0.1, -0.05) is 60.7 Å². The van der Waals surface area contributed by atoms with Gasteiger partial charge in [0.15, 0.2) is 0 Å². The lowest BCUT2D eigenvalue weighted by Gasteiger charge is -2.07. The number of hydrogen-bond acceptors (Lipinski definition) is 3. The van der Waals surface area contributed by atoms with Crippen molar-refractivity contribution in [1.82, 2.24) is 15.1 Å². The summed E-state index contributed by atoms with van der Waals surface area (Å²) in [5, 5.41) is 7.81. The van der Waals surface area contributed by atoms with E-state index in [0.29, 0.717) is 13.0 Å². The van der Waals surface area contributed by atoms with E-state index in [1.165, 1.54) is 0 Å². The highest BCUT2D eigenvalue weighted by molar-refractivity contribution is 5.79. The largest absolute Gasteiger partial charge is 0.497 e. The Morgan fingerprint density at radius 3 is 2.27 bits per heavy atom. The van der Waals surface area contributed by atoms with Crippen LogP contribution in [0.3, 0.4) is 0 Å². The van der Waals surface area contributed by atoms with Gasteiger partial charge >= 0.3 is 0 Å². The summed E-state index contributed by atoms with van der Waals surface area (Å²) in [6.45, 7) is 0.409. The average Bonchev–Trinajstić information content (AvgIpc) is 3.24. The molecular formula is C25H23N3O2. The number of benzene rings is 3.